The van der Waals surface area contributed by atoms with Gasteiger partial charge >= 0.3 is 288 Å². The summed E-state index contributed by atoms with van der Waals surface area (Å²) < 4.78 is 44.6. The quantitative estimate of drug-likeness (QED) is 0.0755. The molecule has 3 aliphatic heterocycles. The molecule has 256 valence electrons. The molecule has 0 aliphatic carbocycles. The summed E-state index contributed by atoms with van der Waals surface area (Å²) in [5.41, 5.74) is 6.10. The van der Waals surface area contributed by atoms with Crippen molar-refractivity contribution in [1.82, 2.24) is 25.1 Å². The predicted octanol–water partition coefficient (Wildman–Crippen LogP) is 6.09. The van der Waals surface area contributed by atoms with Crippen molar-refractivity contribution in [2.75, 3.05) is 40.8 Å². The minimum absolute atomic E-state index is 0.0217. The Labute approximate surface area is 287 Å². The second-order valence-corrected chi connectivity index (χ2v) is 19.4. The summed E-state index contributed by atoms with van der Waals surface area (Å²) in [6, 6.07) is 9.03. The SMILES string of the molecule is Nc1c(Br)cc(C[C@@H](NC(=O)I2CCC(n3c(=O)[nH]c4ccccc43)CC2)C(=O)N2CCC(C3CCNCC3)CC2)cc1C(F)(F)F. The number of nitrogens with two attached hydrogens (primary N) is 1. The van der Waals surface area contributed by atoms with Crippen LogP contribution in [0.5, 0.6) is 0 Å². The molecule has 1 atom stereocenters. The van der Waals surface area contributed by atoms with Gasteiger partial charge in [-0.15, -0.1) is 0 Å². The number of benzene rings is 2. The molecule has 3 saturated heterocycles. The molecular formula is C33H41BrF3IN6O3. The summed E-state index contributed by atoms with van der Waals surface area (Å²) in [4.78, 5) is 45.2. The van der Waals surface area contributed by atoms with Crippen LogP contribution in [0.15, 0.2) is 45.7 Å². The number of anilines is 1. The van der Waals surface area contributed by atoms with Gasteiger partial charge in [0.25, 0.3) is 0 Å². The molecule has 9 nitrogen and oxygen atoms in total. The van der Waals surface area contributed by atoms with Crippen molar-refractivity contribution in [3.8, 4) is 0 Å². The van der Waals surface area contributed by atoms with Crippen LogP contribution in [0.4, 0.5) is 23.7 Å². The fraction of sp³-hybridized carbons (Fsp3) is 0.545. The normalized spacial score (nSPS) is 20.4. The van der Waals surface area contributed by atoms with Gasteiger partial charge in [0.05, 0.1) is 0 Å². The predicted molar refractivity (Wildman–Crippen MR) is 189 cm³/mol. The number of carbonyl (C=O) groups excluding carboxylic acids is 2. The maximum absolute atomic E-state index is 14.0. The van der Waals surface area contributed by atoms with Gasteiger partial charge in [-0.25, -0.2) is 0 Å². The number of alkyl halides is 5. The first-order valence-corrected chi connectivity index (χ1v) is 21.2. The number of nitrogens with zero attached hydrogens (tertiary/aromatic N) is 2. The van der Waals surface area contributed by atoms with Crippen LogP contribution in [-0.4, -0.2) is 65.3 Å². The van der Waals surface area contributed by atoms with Crippen LogP contribution in [0, 0.1) is 11.8 Å². The van der Waals surface area contributed by atoms with E-state index in [4.69, 9.17) is 5.73 Å². The standard InChI is InChI=1S/C33H41BrF3IN6O3/c34-25-18-20(17-24(29(25)39)33(35,36)37)19-27(30(45)43-15-9-22(10-16-43)21-7-13-40-14-8-21)41-31(46)38-11-5-23(6-12-38)44-28-4-2-1-3-26(28)42-32(44)47/h1-4,17-18,21-23,27,40H,5-16,19,39H2,(H,41,46)(H,42,47)/t27-/m1/s1. The summed E-state index contributed by atoms with van der Waals surface area (Å²) in [5.74, 6) is 0.934. The van der Waals surface area contributed by atoms with E-state index in [9.17, 15) is 27.6 Å². The van der Waals surface area contributed by atoms with Crippen molar-refractivity contribution in [3.63, 3.8) is 0 Å². The van der Waals surface area contributed by atoms with E-state index in [0.29, 0.717) is 46.6 Å². The van der Waals surface area contributed by atoms with E-state index in [1.54, 1.807) is 9.47 Å². The molecule has 2 amide bonds. The number of likely N-dealkylation sites (tertiary alicyclic amines) is 1. The van der Waals surface area contributed by atoms with E-state index in [-0.39, 0.29) is 38.0 Å². The summed E-state index contributed by atoms with van der Waals surface area (Å²) in [7, 11) is 0. The van der Waals surface area contributed by atoms with Gasteiger partial charge in [-0.1, -0.05) is 0 Å². The number of H-pyrrole nitrogens is 1. The zero-order valence-corrected chi connectivity index (χ0v) is 29.8. The molecule has 3 aromatic rings. The molecule has 2 aromatic carbocycles. The number of hydrogen-bond donors (Lipinski definition) is 4. The summed E-state index contributed by atoms with van der Waals surface area (Å²) >= 11 is 0.914. The van der Waals surface area contributed by atoms with Gasteiger partial charge in [0.1, 0.15) is 0 Å². The first-order chi connectivity index (χ1) is 22.5. The second-order valence-electron chi connectivity index (χ2n) is 12.8. The number of halogens is 5. The fourth-order valence-corrected chi connectivity index (χ4v) is 13.2. The molecule has 3 fully saturated rings. The van der Waals surface area contributed by atoms with Crippen molar-refractivity contribution in [2.24, 2.45) is 11.8 Å². The molecule has 6 rings (SSSR count). The maximum atomic E-state index is 14.0. The van der Waals surface area contributed by atoms with Crippen LogP contribution in [0.3, 0.4) is 0 Å². The fourth-order valence-electron chi connectivity index (χ4n) is 7.42. The number of nitrogens with one attached hydrogen (secondary N) is 3. The number of aromatic nitrogens is 2. The van der Waals surface area contributed by atoms with E-state index in [1.807, 2.05) is 24.3 Å². The van der Waals surface area contributed by atoms with E-state index in [0.717, 1.165) is 55.9 Å². The number of aromatic amines is 1. The molecule has 47 heavy (non-hydrogen) atoms. The van der Waals surface area contributed by atoms with Crippen molar-refractivity contribution < 1.29 is 22.8 Å². The first kappa shape index (κ1) is 34.3. The van der Waals surface area contributed by atoms with Gasteiger partial charge < -0.3 is 0 Å². The van der Waals surface area contributed by atoms with Crippen LogP contribution < -0.4 is 22.1 Å². The second kappa shape index (κ2) is 14.5. The summed E-state index contributed by atoms with van der Waals surface area (Å²) in [5, 5.41) is 6.42. The van der Waals surface area contributed by atoms with Gasteiger partial charge in [0.15, 0.2) is 0 Å². The van der Waals surface area contributed by atoms with Crippen molar-refractivity contribution in [3.05, 3.63) is 62.5 Å². The number of nitrogen functional groups attached to an aromatic ring is 1. The Bertz CT molecular complexity index is 1660. The molecule has 4 heterocycles. The first-order valence-electron chi connectivity index (χ1n) is 16.3. The van der Waals surface area contributed by atoms with Crippen molar-refractivity contribution >= 4 is 62.3 Å². The molecular weight excluding hydrogens is 792 g/mol. The Morgan fingerprint density at radius 3 is 2.36 bits per heavy atom. The summed E-state index contributed by atoms with van der Waals surface area (Å²) in [6.07, 6.45) is 0.663. The Balaban J connectivity index is 1.16. The summed E-state index contributed by atoms with van der Waals surface area (Å²) in [6.45, 7) is 3.17. The van der Waals surface area contributed by atoms with Crippen LogP contribution in [0.2, 0.25) is 0 Å². The Hall–Kier alpha value is -2.59. The zero-order chi connectivity index (χ0) is 33.3. The van der Waals surface area contributed by atoms with E-state index >= 15 is 0 Å². The average molecular weight is 834 g/mol. The Kier molecular flexibility index (Phi) is 10.6. The minimum atomic E-state index is -4.67. The Morgan fingerprint density at radius 1 is 1.02 bits per heavy atom. The third-order valence-electron chi connectivity index (χ3n) is 9.99. The monoisotopic (exact) mass is 832 g/mol. The van der Waals surface area contributed by atoms with E-state index in [2.05, 4.69) is 31.5 Å². The van der Waals surface area contributed by atoms with Crippen molar-refractivity contribution in [1.29, 1.82) is 0 Å². The van der Waals surface area contributed by atoms with E-state index in [1.165, 1.54) is 6.07 Å². The molecule has 0 saturated carbocycles. The number of fused-ring (bicyclic) bond motifs is 1. The number of piperidine rings is 2. The Morgan fingerprint density at radius 2 is 1.68 bits per heavy atom. The molecule has 3 aliphatic rings. The topological polar surface area (TPSA) is 125 Å². The van der Waals surface area contributed by atoms with Gasteiger partial charge in [0, 0.05) is 0 Å². The van der Waals surface area contributed by atoms with Gasteiger partial charge in [-0.3, -0.25) is 0 Å². The number of imidazole rings is 1. The average Bonchev–Trinajstić information content (AvgIpc) is 3.41. The molecule has 1 aromatic heterocycles. The van der Waals surface area contributed by atoms with E-state index < -0.39 is 43.3 Å². The molecule has 0 bridgehead atoms. The molecule has 5 N–H and O–H groups in total. The molecule has 0 radical (unpaired) electrons. The number of amides is 2. The van der Waals surface area contributed by atoms with Crippen LogP contribution >= 0.6 is 35.7 Å². The van der Waals surface area contributed by atoms with Crippen LogP contribution in [-0.2, 0) is 17.4 Å². The van der Waals surface area contributed by atoms with Gasteiger partial charge in [-0.2, -0.15) is 0 Å². The third-order valence-corrected chi connectivity index (χ3v) is 16.2. The molecule has 14 heteroatoms. The van der Waals surface area contributed by atoms with Crippen LogP contribution in [0.1, 0.15) is 55.7 Å². The van der Waals surface area contributed by atoms with Gasteiger partial charge in [-0.05, 0) is 0 Å². The number of rotatable bonds is 7. The molecule has 0 unspecified atom stereocenters. The number of para-hydroxylation sites is 2. The van der Waals surface area contributed by atoms with Crippen molar-refractivity contribution in [2.45, 2.75) is 63.2 Å². The number of hydrogen-bond acceptors (Lipinski definition) is 5. The molecule has 0 spiro atoms. The third kappa shape index (κ3) is 7.69. The zero-order valence-electron chi connectivity index (χ0n) is 26.1. The van der Waals surface area contributed by atoms with Crippen LogP contribution in [0.25, 0.3) is 11.0 Å². The van der Waals surface area contributed by atoms with Gasteiger partial charge in [0.2, 0.25) is 0 Å². The number of carbonyl (C=O) groups is 2.